The molecule has 0 saturated carbocycles. The Morgan fingerprint density at radius 2 is 2.11 bits per heavy atom. The van der Waals surface area contributed by atoms with Gasteiger partial charge in [0.15, 0.2) is 5.96 Å². The van der Waals surface area contributed by atoms with Gasteiger partial charge in [0, 0.05) is 24.0 Å². The average molecular weight is 268 g/mol. The molecule has 0 aliphatic heterocycles. The summed E-state index contributed by atoms with van der Waals surface area (Å²) in [5.74, 6) is 0.846. The van der Waals surface area contributed by atoms with Crippen LogP contribution in [0.3, 0.4) is 0 Å². The zero-order valence-electron chi connectivity index (χ0n) is 11.9. The van der Waals surface area contributed by atoms with Crippen molar-refractivity contribution < 1.29 is 0 Å². The highest BCUT2D eigenvalue weighted by Crippen LogP contribution is 2.08. The standard InChI is InChI=1S/C13H24N4S/c1-13(2,17(4)5)10-16-12(14-3)15-9-11-7-6-8-18-11/h6-8H,9-10H2,1-5H3,(H2,14,15,16). The van der Waals surface area contributed by atoms with E-state index >= 15 is 0 Å². The molecule has 1 rings (SSSR count). The fourth-order valence-electron chi connectivity index (χ4n) is 1.26. The number of hydrogen-bond acceptors (Lipinski definition) is 3. The number of thiophene rings is 1. The third-order valence-electron chi connectivity index (χ3n) is 3.13. The van der Waals surface area contributed by atoms with E-state index in [1.54, 1.807) is 18.4 Å². The first-order valence-electron chi connectivity index (χ1n) is 6.10. The molecule has 0 fully saturated rings. The van der Waals surface area contributed by atoms with Gasteiger partial charge in [-0.1, -0.05) is 6.07 Å². The van der Waals surface area contributed by atoms with Crippen LogP contribution in [0.15, 0.2) is 22.5 Å². The van der Waals surface area contributed by atoms with Crippen molar-refractivity contribution in [3.8, 4) is 0 Å². The maximum Gasteiger partial charge on any atom is 0.191 e. The largest absolute Gasteiger partial charge is 0.355 e. The summed E-state index contributed by atoms with van der Waals surface area (Å²) in [6.45, 7) is 6.07. The Morgan fingerprint density at radius 1 is 1.39 bits per heavy atom. The smallest absolute Gasteiger partial charge is 0.191 e. The zero-order valence-corrected chi connectivity index (χ0v) is 12.8. The minimum absolute atomic E-state index is 0.0978. The van der Waals surface area contributed by atoms with Crippen molar-refractivity contribution in [2.75, 3.05) is 27.7 Å². The molecular weight excluding hydrogens is 244 g/mol. The van der Waals surface area contributed by atoms with Gasteiger partial charge in [-0.2, -0.15) is 0 Å². The van der Waals surface area contributed by atoms with E-state index in [-0.39, 0.29) is 5.54 Å². The third-order valence-corrected chi connectivity index (χ3v) is 4.01. The molecule has 1 aromatic rings. The molecule has 0 bridgehead atoms. The van der Waals surface area contributed by atoms with Gasteiger partial charge in [0.2, 0.25) is 0 Å². The van der Waals surface area contributed by atoms with Gasteiger partial charge < -0.3 is 15.5 Å². The second-order valence-electron chi connectivity index (χ2n) is 5.07. The van der Waals surface area contributed by atoms with E-state index in [0.717, 1.165) is 19.0 Å². The second-order valence-corrected chi connectivity index (χ2v) is 6.10. The van der Waals surface area contributed by atoms with Crippen LogP contribution in [0.2, 0.25) is 0 Å². The number of rotatable bonds is 5. The van der Waals surface area contributed by atoms with Gasteiger partial charge in [-0.3, -0.25) is 4.99 Å². The number of nitrogens with one attached hydrogen (secondary N) is 2. The van der Waals surface area contributed by atoms with Crippen LogP contribution in [-0.4, -0.2) is 44.1 Å². The van der Waals surface area contributed by atoms with E-state index in [0.29, 0.717) is 0 Å². The van der Waals surface area contributed by atoms with Crippen LogP contribution in [0.25, 0.3) is 0 Å². The number of aliphatic imine (C=N–C) groups is 1. The topological polar surface area (TPSA) is 39.7 Å². The van der Waals surface area contributed by atoms with Gasteiger partial charge in [-0.25, -0.2) is 0 Å². The van der Waals surface area contributed by atoms with Crippen LogP contribution >= 0.6 is 11.3 Å². The highest BCUT2D eigenvalue weighted by molar-refractivity contribution is 7.09. The number of guanidine groups is 1. The summed E-state index contributed by atoms with van der Waals surface area (Å²) in [6, 6.07) is 4.18. The molecule has 0 saturated heterocycles. The molecule has 0 radical (unpaired) electrons. The molecule has 0 aromatic carbocycles. The molecule has 0 atom stereocenters. The first-order valence-corrected chi connectivity index (χ1v) is 6.98. The summed E-state index contributed by atoms with van der Waals surface area (Å²) in [7, 11) is 5.97. The van der Waals surface area contributed by atoms with Crippen molar-refractivity contribution in [2.45, 2.75) is 25.9 Å². The molecule has 1 heterocycles. The Morgan fingerprint density at radius 3 is 2.61 bits per heavy atom. The van der Waals surface area contributed by atoms with Crippen molar-refractivity contribution in [3.05, 3.63) is 22.4 Å². The van der Waals surface area contributed by atoms with Gasteiger partial charge >= 0.3 is 0 Å². The lowest BCUT2D eigenvalue weighted by atomic mass is 10.0. The van der Waals surface area contributed by atoms with Gasteiger partial charge in [-0.15, -0.1) is 11.3 Å². The van der Waals surface area contributed by atoms with Crippen molar-refractivity contribution in [3.63, 3.8) is 0 Å². The van der Waals surface area contributed by atoms with Crippen molar-refractivity contribution in [1.29, 1.82) is 0 Å². The highest BCUT2D eigenvalue weighted by Gasteiger charge is 2.20. The molecular formula is C13H24N4S. The van der Waals surface area contributed by atoms with Gasteiger partial charge in [0.05, 0.1) is 6.54 Å². The van der Waals surface area contributed by atoms with E-state index in [4.69, 9.17) is 0 Å². The van der Waals surface area contributed by atoms with E-state index in [2.05, 4.69) is 66.0 Å². The van der Waals surface area contributed by atoms with E-state index in [9.17, 15) is 0 Å². The molecule has 0 spiro atoms. The van der Waals surface area contributed by atoms with Crippen LogP contribution in [0.4, 0.5) is 0 Å². The van der Waals surface area contributed by atoms with Crippen molar-refractivity contribution >= 4 is 17.3 Å². The molecule has 5 heteroatoms. The van der Waals surface area contributed by atoms with Crippen LogP contribution in [0, 0.1) is 0 Å². The second kappa shape index (κ2) is 6.75. The predicted molar refractivity (Wildman–Crippen MR) is 80.3 cm³/mol. The molecule has 102 valence electrons. The molecule has 0 amide bonds. The number of hydrogen-bond donors (Lipinski definition) is 2. The normalized spacial score (nSPS) is 12.9. The highest BCUT2D eigenvalue weighted by atomic mass is 32.1. The Balaban J connectivity index is 2.39. The molecule has 1 aromatic heterocycles. The molecule has 0 aliphatic carbocycles. The first kappa shape index (κ1) is 15.0. The van der Waals surface area contributed by atoms with Crippen molar-refractivity contribution in [2.24, 2.45) is 4.99 Å². The fraction of sp³-hybridized carbons (Fsp3) is 0.615. The molecule has 0 unspecified atom stereocenters. The zero-order chi connectivity index (χ0) is 13.6. The SMILES string of the molecule is CN=C(NCc1cccs1)NCC(C)(C)N(C)C. The Bertz CT molecular complexity index is 368. The minimum Gasteiger partial charge on any atom is -0.355 e. The van der Waals surface area contributed by atoms with Gasteiger partial charge in [0.25, 0.3) is 0 Å². The van der Waals surface area contributed by atoms with Gasteiger partial charge in [0.1, 0.15) is 0 Å². The lowest BCUT2D eigenvalue weighted by Gasteiger charge is -2.33. The Labute approximate surface area is 114 Å². The lowest BCUT2D eigenvalue weighted by molar-refractivity contribution is 0.197. The molecule has 4 nitrogen and oxygen atoms in total. The van der Waals surface area contributed by atoms with Crippen LogP contribution in [0.1, 0.15) is 18.7 Å². The summed E-state index contributed by atoms with van der Waals surface area (Å²) in [4.78, 5) is 7.74. The number of nitrogens with zero attached hydrogens (tertiary/aromatic N) is 2. The quantitative estimate of drug-likeness (QED) is 0.631. The summed E-state index contributed by atoms with van der Waals surface area (Å²) in [6.07, 6.45) is 0. The van der Waals surface area contributed by atoms with E-state index in [1.165, 1.54) is 4.88 Å². The Kier molecular flexibility index (Phi) is 5.62. The number of likely N-dealkylation sites (N-methyl/N-ethyl adjacent to an activating group) is 1. The van der Waals surface area contributed by atoms with Gasteiger partial charge in [-0.05, 0) is 39.4 Å². The molecule has 0 aliphatic rings. The lowest BCUT2D eigenvalue weighted by Crippen LogP contribution is -2.50. The maximum absolute atomic E-state index is 4.23. The summed E-state index contributed by atoms with van der Waals surface area (Å²) in [5.41, 5.74) is 0.0978. The van der Waals surface area contributed by atoms with Crippen LogP contribution in [-0.2, 0) is 6.54 Å². The summed E-state index contributed by atoms with van der Waals surface area (Å²) < 4.78 is 0. The molecule has 18 heavy (non-hydrogen) atoms. The summed E-state index contributed by atoms with van der Waals surface area (Å²) >= 11 is 1.75. The first-order chi connectivity index (χ1) is 8.45. The maximum atomic E-state index is 4.23. The third kappa shape index (κ3) is 4.66. The van der Waals surface area contributed by atoms with Crippen LogP contribution < -0.4 is 10.6 Å². The van der Waals surface area contributed by atoms with Crippen molar-refractivity contribution in [1.82, 2.24) is 15.5 Å². The van der Waals surface area contributed by atoms with Crippen LogP contribution in [0.5, 0.6) is 0 Å². The Hall–Kier alpha value is -1.07. The minimum atomic E-state index is 0.0978. The van der Waals surface area contributed by atoms with E-state index in [1.807, 2.05) is 0 Å². The molecule has 2 N–H and O–H groups in total. The monoisotopic (exact) mass is 268 g/mol. The average Bonchev–Trinajstić information content (AvgIpc) is 2.82. The fourth-order valence-corrected chi connectivity index (χ4v) is 1.91. The summed E-state index contributed by atoms with van der Waals surface area (Å²) in [5, 5.41) is 8.76. The predicted octanol–water partition coefficient (Wildman–Crippen LogP) is 1.75. The van der Waals surface area contributed by atoms with E-state index < -0.39 is 0 Å².